The molecule has 1 heterocycles. The van der Waals surface area contributed by atoms with Crippen molar-refractivity contribution >= 4 is 28.3 Å². The second-order valence-electron chi connectivity index (χ2n) is 6.57. The third-order valence-corrected chi connectivity index (χ3v) is 4.47. The minimum atomic E-state index is -0.402. The number of allylic oxidation sites excluding steroid dienone is 3. The summed E-state index contributed by atoms with van der Waals surface area (Å²) < 4.78 is 5.75. The standard InChI is InChI=1S/C22H27ClN2O2/c1-17(15-20(24)26)11-7-5-3-2-4-6-10-14-27-21-16-18-12-8-9-13-19(18)22(23)25-21/h7-9,11-13,15-16H,2-6,10,14H2,1H3,(H2,24,26). The number of primary amides is 1. The van der Waals surface area contributed by atoms with Crippen LogP contribution in [0.15, 0.2) is 54.1 Å². The molecule has 0 unspecified atom stereocenters. The fourth-order valence-electron chi connectivity index (χ4n) is 2.82. The highest BCUT2D eigenvalue weighted by Gasteiger charge is 2.04. The molecule has 0 aliphatic heterocycles. The first-order valence-electron chi connectivity index (χ1n) is 9.38. The Bertz CT molecular complexity index is 815. The molecule has 0 spiro atoms. The van der Waals surface area contributed by atoms with Crippen LogP contribution >= 0.6 is 11.6 Å². The maximum atomic E-state index is 10.7. The Morgan fingerprint density at radius 1 is 1.19 bits per heavy atom. The molecule has 0 radical (unpaired) electrons. The van der Waals surface area contributed by atoms with E-state index in [0.29, 0.717) is 17.6 Å². The van der Waals surface area contributed by atoms with Gasteiger partial charge in [0.05, 0.1) is 6.61 Å². The topological polar surface area (TPSA) is 65.2 Å². The number of carbonyl (C=O) groups excluding carboxylic acids is 1. The van der Waals surface area contributed by atoms with E-state index >= 15 is 0 Å². The number of nitrogens with two attached hydrogens (primary N) is 1. The first kappa shape index (κ1) is 21.0. The van der Waals surface area contributed by atoms with Crippen LogP contribution in [0.1, 0.15) is 45.4 Å². The Labute approximate surface area is 166 Å². The molecule has 27 heavy (non-hydrogen) atoms. The van der Waals surface area contributed by atoms with Crippen LogP contribution in [0, 0.1) is 0 Å². The predicted octanol–water partition coefficient (Wildman–Crippen LogP) is 5.60. The van der Waals surface area contributed by atoms with Crippen molar-refractivity contribution in [2.45, 2.75) is 45.4 Å². The van der Waals surface area contributed by atoms with Gasteiger partial charge in [-0.05, 0) is 37.1 Å². The molecule has 0 aliphatic carbocycles. The molecule has 4 nitrogen and oxygen atoms in total. The quantitative estimate of drug-likeness (QED) is 0.237. The van der Waals surface area contributed by atoms with Crippen LogP contribution in [0.25, 0.3) is 10.8 Å². The van der Waals surface area contributed by atoms with E-state index in [9.17, 15) is 4.79 Å². The SMILES string of the molecule is CC(C=CCCCCCCCOc1cc2ccccc2c(Cl)n1)=CC(N)=O. The summed E-state index contributed by atoms with van der Waals surface area (Å²) in [6.45, 7) is 2.53. The lowest BCUT2D eigenvalue weighted by Crippen LogP contribution is -2.06. The van der Waals surface area contributed by atoms with E-state index in [2.05, 4.69) is 11.1 Å². The molecular weight excluding hydrogens is 360 g/mol. The number of amides is 1. The third-order valence-electron chi connectivity index (χ3n) is 4.19. The maximum absolute atomic E-state index is 10.7. The van der Waals surface area contributed by atoms with Gasteiger partial charge in [0.15, 0.2) is 0 Å². The third kappa shape index (κ3) is 7.83. The minimum Gasteiger partial charge on any atom is -0.478 e. The van der Waals surface area contributed by atoms with Crippen LogP contribution in [0.4, 0.5) is 0 Å². The lowest BCUT2D eigenvalue weighted by atomic mass is 10.1. The summed E-state index contributed by atoms with van der Waals surface area (Å²) in [6, 6.07) is 9.83. The Morgan fingerprint density at radius 3 is 2.74 bits per heavy atom. The molecule has 0 saturated heterocycles. The number of nitrogens with zero attached hydrogens (tertiary/aromatic N) is 1. The summed E-state index contributed by atoms with van der Waals surface area (Å²) in [5, 5.41) is 2.47. The summed E-state index contributed by atoms with van der Waals surface area (Å²) in [6.07, 6.45) is 12.1. The molecule has 0 saturated carbocycles. The summed E-state index contributed by atoms with van der Waals surface area (Å²) in [5.41, 5.74) is 5.99. The van der Waals surface area contributed by atoms with Crippen LogP contribution in [0.3, 0.4) is 0 Å². The van der Waals surface area contributed by atoms with Gasteiger partial charge in [-0.1, -0.05) is 67.3 Å². The van der Waals surface area contributed by atoms with E-state index in [0.717, 1.165) is 42.0 Å². The molecule has 1 aromatic carbocycles. The van der Waals surface area contributed by atoms with Crippen molar-refractivity contribution < 1.29 is 9.53 Å². The van der Waals surface area contributed by atoms with Gasteiger partial charge in [-0.25, -0.2) is 4.98 Å². The molecule has 2 rings (SSSR count). The highest BCUT2D eigenvalue weighted by atomic mass is 35.5. The van der Waals surface area contributed by atoms with Crippen molar-refractivity contribution in [3.8, 4) is 5.88 Å². The number of hydrogen-bond donors (Lipinski definition) is 1. The summed E-state index contributed by atoms with van der Waals surface area (Å²) in [7, 11) is 0. The number of carbonyl (C=O) groups is 1. The molecule has 144 valence electrons. The molecule has 0 bridgehead atoms. The zero-order valence-electron chi connectivity index (χ0n) is 15.8. The number of hydrogen-bond acceptors (Lipinski definition) is 3. The fourth-order valence-corrected chi connectivity index (χ4v) is 3.08. The van der Waals surface area contributed by atoms with Gasteiger partial charge in [0, 0.05) is 17.5 Å². The van der Waals surface area contributed by atoms with Crippen molar-refractivity contribution in [2.24, 2.45) is 5.73 Å². The number of rotatable bonds is 11. The first-order chi connectivity index (χ1) is 13.1. The second kappa shape index (κ2) is 11.4. The summed E-state index contributed by atoms with van der Waals surface area (Å²) in [5.74, 6) is 0.184. The van der Waals surface area contributed by atoms with Gasteiger partial charge < -0.3 is 10.5 Å². The van der Waals surface area contributed by atoms with E-state index in [1.165, 1.54) is 18.9 Å². The van der Waals surface area contributed by atoms with Gasteiger partial charge in [0.2, 0.25) is 11.8 Å². The van der Waals surface area contributed by atoms with Crippen LogP contribution in [0.5, 0.6) is 5.88 Å². The Hall–Kier alpha value is -2.33. The number of fused-ring (bicyclic) bond motifs is 1. The highest BCUT2D eigenvalue weighted by molar-refractivity contribution is 6.34. The van der Waals surface area contributed by atoms with E-state index in [4.69, 9.17) is 22.1 Å². The van der Waals surface area contributed by atoms with Crippen LogP contribution in [-0.2, 0) is 4.79 Å². The molecule has 0 atom stereocenters. The minimum absolute atomic E-state index is 0.402. The van der Waals surface area contributed by atoms with Gasteiger partial charge in [0.25, 0.3) is 0 Å². The molecule has 0 fully saturated rings. The smallest absolute Gasteiger partial charge is 0.241 e. The molecule has 5 heteroatoms. The zero-order chi connectivity index (χ0) is 19.5. The Balaban J connectivity index is 1.58. The lowest BCUT2D eigenvalue weighted by molar-refractivity contribution is -0.113. The number of ether oxygens (including phenoxy) is 1. The number of aromatic nitrogens is 1. The van der Waals surface area contributed by atoms with E-state index in [1.54, 1.807) is 0 Å². The molecule has 0 aliphatic rings. The number of unbranched alkanes of at least 4 members (excludes halogenated alkanes) is 5. The Morgan fingerprint density at radius 2 is 1.93 bits per heavy atom. The van der Waals surface area contributed by atoms with Crippen LogP contribution in [0.2, 0.25) is 5.15 Å². The van der Waals surface area contributed by atoms with Crippen molar-refractivity contribution in [1.82, 2.24) is 4.98 Å². The average molecular weight is 387 g/mol. The monoisotopic (exact) mass is 386 g/mol. The average Bonchev–Trinajstić information content (AvgIpc) is 2.62. The maximum Gasteiger partial charge on any atom is 0.241 e. The highest BCUT2D eigenvalue weighted by Crippen LogP contribution is 2.25. The van der Waals surface area contributed by atoms with E-state index in [1.807, 2.05) is 43.3 Å². The summed E-state index contributed by atoms with van der Waals surface area (Å²) in [4.78, 5) is 15.0. The van der Waals surface area contributed by atoms with Crippen molar-refractivity contribution in [1.29, 1.82) is 0 Å². The number of benzene rings is 1. The Kier molecular flexibility index (Phi) is 8.85. The molecular formula is C22H27ClN2O2. The predicted molar refractivity (Wildman–Crippen MR) is 112 cm³/mol. The van der Waals surface area contributed by atoms with Gasteiger partial charge >= 0.3 is 0 Å². The van der Waals surface area contributed by atoms with E-state index in [-0.39, 0.29) is 0 Å². The molecule has 2 N–H and O–H groups in total. The van der Waals surface area contributed by atoms with Crippen molar-refractivity contribution in [2.75, 3.05) is 6.61 Å². The number of halogens is 1. The van der Waals surface area contributed by atoms with E-state index < -0.39 is 5.91 Å². The van der Waals surface area contributed by atoms with Crippen LogP contribution in [-0.4, -0.2) is 17.5 Å². The molecule has 2 aromatic rings. The number of pyridine rings is 1. The van der Waals surface area contributed by atoms with Gasteiger partial charge in [0.1, 0.15) is 5.15 Å². The van der Waals surface area contributed by atoms with Crippen molar-refractivity contribution in [3.05, 3.63) is 59.3 Å². The normalized spacial score (nSPS) is 12.0. The van der Waals surface area contributed by atoms with Gasteiger partial charge in [-0.2, -0.15) is 0 Å². The molecule has 1 amide bonds. The van der Waals surface area contributed by atoms with Gasteiger partial charge in [-0.15, -0.1) is 0 Å². The lowest BCUT2D eigenvalue weighted by Gasteiger charge is -2.07. The van der Waals surface area contributed by atoms with Gasteiger partial charge in [-0.3, -0.25) is 4.79 Å². The molecule has 1 aromatic heterocycles. The zero-order valence-corrected chi connectivity index (χ0v) is 16.5. The second-order valence-corrected chi connectivity index (χ2v) is 6.93. The van der Waals surface area contributed by atoms with Crippen LogP contribution < -0.4 is 10.5 Å². The van der Waals surface area contributed by atoms with Crippen molar-refractivity contribution in [3.63, 3.8) is 0 Å². The summed E-state index contributed by atoms with van der Waals surface area (Å²) >= 11 is 6.21. The first-order valence-corrected chi connectivity index (χ1v) is 9.76. The largest absolute Gasteiger partial charge is 0.478 e. The fraction of sp³-hybridized carbons (Fsp3) is 0.364.